The predicted molar refractivity (Wildman–Crippen MR) is 73.0 cm³/mol. The fourth-order valence-corrected chi connectivity index (χ4v) is 1.94. The highest BCUT2D eigenvalue weighted by molar-refractivity contribution is 9.10. The fraction of sp³-hybridized carbons (Fsp3) is 0.0714. The summed E-state index contributed by atoms with van der Waals surface area (Å²) in [5, 5.41) is 0. The lowest BCUT2D eigenvalue weighted by atomic mass is 10.0. The zero-order chi connectivity index (χ0) is 13.1. The second-order valence-electron chi connectivity index (χ2n) is 3.96. The number of rotatable bonds is 3. The molecule has 0 bridgehead atoms. The maximum atomic E-state index is 13.6. The predicted octanol–water partition coefficient (Wildman–Crippen LogP) is 3.60. The Morgan fingerprint density at radius 2 is 1.83 bits per heavy atom. The van der Waals surface area contributed by atoms with E-state index in [1.165, 1.54) is 6.07 Å². The van der Waals surface area contributed by atoms with Crippen molar-refractivity contribution in [2.75, 3.05) is 5.73 Å². The van der Waals surface area contributed by atoms with Crippen molar-refractivity contribution in [3.8, 4) is 0 Å². The van der Waals surface area contributed by atoms with Crippen LogP contribution < -0.4 is 5.73 Å². The van der Waals surface area contributed by atoms with Crippen molar-refractivity contribution in [3.63, 3.8) is 0 Å². The number of nitrogens with two attached hydrogens (primary N) is 1. The molecule has 2 aromatic carbocycles. The molecule has 2 aromatic rings. The van der Waals surface area contributed by atoms with E-state index in [2.05, 4.69) is 15.9 Å². The highest BCUT2D eigenvalue weighted by Gasteiger charge is 2.10. The summed E-state index contributed by atoms with van der Waals surface area (Å²) < 4.78 is 14.2. The number of hydrogen-bond acceptors (Lipinski definition) is 2. The molecular weight excluding hydrogens is 297 g/mol. The van der Waals surface area contributed by atoms with Gasteiger partial charge in [0.1, 0.15) is 5.82 Å². The quantitative estimate of drug-likeness (QED) is 0.695. The molecule has 2 N–H and O–H groups in total. The number of carbonyl (C=O) groups is 1. The van der Waals surface area contributed by atoms with Crippen LogP contribution in [0.2, 0.25) is 0 Å². The van der Waals surface area contributed by atoms with E-state index in [1.54, 1.807) is 36.4 Å². The first kappa shape index (κ1) is 12.8. The zero-order valence-electron chi connectivity index (χ0n) is 9.49. The molecule has 0 spiro atoms. The Kier molecular flexibility index (Phi) is 3.77. The van der Waals surface area contributed by atoms with Crippen LogP contribution in [0, 0.1) is 5.82 Å². The molecule has 18 heavy (non-hydrogen) atoms. The van der Waals surface area contributed by atoms with Gasteiger partial charge >= 0.3 is 0 Å². The van der Waals surface area contributed by atoms with Gasteiger partial charge in [0.2, 0.25) is 0 Å². The van der Waals surface area contributed by atoms with E-state index in [1.807, 2.05) is 0 Å². The molecule has 0 radical (unpaired) electrons. The Morgan fingerprint density at radius 1 is 1.17 bits per heavy atom. The normalized spacial score (nSPS) is 10.3. The van der Waals surface area contributed by atoms with Gasteiger partial charge in [0, 0.05) is 22.1 Å². The van der Waals surface area contributed by atoms with E-state index in [9.17, 15) is 9.18 Å². The van der Waals surface area contributed by atoms with Gasteiger partial charge in [-0.2, -0.15) is 0 Å². The summed E-state index contributed by atoms with van der Waals surface area (Å²) in [6.07, 6.45) is 0.0447. The maximum Gasteiger partial charge on any atom is 0.167 e. The second kappa shape index (κ2) is 5.31. The van der Waals surface area contributed by atoms with Gasteiger partial charge in [0.25, 0.3) is 0 Å². The largest absolute Gasteiger partial charge is 0.399 e. The van der Waals surface area contributed by atoms with Gasteiger partial charge in [-0.15, -0.1) is 0 Å². The highest BCUT2D eigenvalue weighted by atomic mass is 79.9. The van der Waals surface area contributed by atoms with Crippen LogP contribution in [0.25, 0.3) is 0 Å². The minimum absolute atomic E-state index is 0.0447. The lowest BCUT2D eigenvalue weighted by molar-refractivity contribution is 0.0992. The molecule has 0 heterocycles. The number of Topliss-reactive ketones (excluding diaryl/α,β-unsaturated/α-hetero) is 1. The van der Waals surface area contributed by atoms with Gasteiger partial charge in [-0.1, -0.05) is 22.0 Å². The minimum atomic E-state index is -0.381. The maximum absolute atomic E-state index is 13.6. The lowest BCUT2D eigenvalue weighted by Gasteiger charge is -2.04. The van der Waals surface area contributed by atoms with Crippen LogP contribution in [-0.2, 0) is 6.42 Å². The third-order valence-corrected chi connectivity index (χ3v) is 3.09. The third kappa shape index (κ3) is 2.96. The molecule has 0 amide bonds. The van der Waals surface area contributed by atoms with Crippen molar-refractivity contribution in [2.45, 2.75) is 6.42 Å². The van der Waals surface area contributed by atoms with E-state index in [4.69, 9.17) is 5.73 Å². The van der Waals surface area contributed by atoms with Crippen molar-refractivity contribution >= 4 is 27.4 Å². The zero-order valence-corrected chi connectivity index (χ0v) is 11.1. The van der Waals surface area contributed by atoms with Gasteiger partial charge in [0.15, 0.2) is 5.78 Å². The van der Waals surface area contributed by atoms with Crippen molar-refractivity contribution in [2.24, 2.45) is 0 Å². The Morgan fingerprint density at radius 3 is 2.44 bits per heavy atom. The monoisotopic (exact) mass is 307 g/mol. The molecule has 0 unspecified atom stereocenters. The summed E-state index contributed by atoms with van der Waals surface area (Å²) in [7, 11) is 0. The van der Waals surface area contributed by atoms with Gasteiger partial charge in [-0.05, 0) is 42.0 Å². The number of benzene rings is 2. The molecule has 0 fully saturated rings. The standard InChI is InChI=1S/C14H11BrFNO/c15-11-4-1-10(13(16)8-11)7-14(18)9-2-5-12(17)6-3-9/h1-6,8H,7,17H2. The molecule has 2 nitrogen and oxygen atoms in total. The van der Waals surface area contributed by atoms with Crippen LogP contribution in [0.15, 0.2) is 46.9 Å². The second-order valence-corrected chi connectivity index (χ2v) is 4.87. The third-order valence-electron chi connectivity index (χ3n) is 2.60. The molecule has 0 aromatic heterocycles. The summed E-state index contributed by atoms with van der Waals surface area (Å²) in [5.41, 5.74) is 7.06. The number of anilines is 1. The average molecular weight is 308 g/mol. The molecule has 92 valence electrons. The van der Waals surface area contributed by atoms with Crippen molar-refractivity contribution in [1.82, 2.24) is 0 Å². The molecule has 0 saturated heterocycles. The van der Waals surface area contributed by atoms with Crippen LogP contribution in [0.1, 0.15) is 15.9 Å². The summed E-state index contributed by atoms with van der Waals surface area (Å²) >= 11 is 3.18. The Hall–Kier alpha value is -1.68. The topological polar surface area (TPSA) is 43.1 Å². The van der Waals surface area contributed by atoms with Crippen LogP contribution in [0.3, 0.4) is 0 Å². The number of halogens is 2. The van der Waals surface area contributed by atoms with Gasteiger partial charge < -0.3 is 5.73 Å². The smallest absolute Gasteiger partial charge is 0.167 e. The van der Waals surface area contributed by atoms with E-state index in [0.717, 1.165) is 0 Å². The average Bonchev–Trinajstić information content (AvgIpc) is 2.33. The Bertz CT molecular complexity index is 581. The molecule has 0 aliphatic rings. The van der Waals surface area contributed by atoms with Crippen LogP contribution in [0.4, 0.5) is 10.1 Å². The van der Waals surface area contributed by atoms with Crippen LogP contribution in [-0.4, -0.2) is 5.78 Å². The van der Waals surface area contributed by atoms with Gasteiger partial charge in [-0.25, -0.2) is 4.39 Å². The first-order valence-corrected chi connectivity index (χ1v) is 6.18. The van der Waals surface area contributed by atoms with E-state index in [-0.39, 0.29) is 18.0 Å². The molecule has 0 atom stereocenters. The fourth-order valence-electron chi connectivity index (χ4n) is 1.61. The van der Waals surface area contributed by atoms with Gasteiger partial charge in [-0.3, -0.25) is 4.79 Å². The number of ketones is 1. The van der Waals surface area contributed by atoms with Gasteiger partial charge in [0.05, 0.1) is 0 Å². The molecular formula is C14H11BrFNO. The first-order valence-electron chi connectivity index (χ1n) is 5.39. The Balaban J connectivity index is 2.18. The van der Waals surface area contributed by atoms with Crippen molar-refractivity contribution < 1.29 is 9.18 Å². The summed E-state index contributed by atoms with van der Waals surface area (Å²) in [6.45, 7) is 0. The molecule has 0 saturated carbocycles. The lowest BCUT2D eigenvalue weighted by Crippen LogP contribution is -2.05. The van der Waals surface area contributed by atoms with Crippen molar-refractivity contribution in [3.05, 3.63) is 63.9 Å². The molecule has 0 aliphatic heterocycles. The van der Waals surface area contributed by atoms with E-state index < -0.39 is 0 Å². The summed E-state index contributed by atoms with van der Waals surface area (Å²) in [4.78, 5) is 11.9. The highest BCUT2D eigenvalue weighted by Crippen LogP contribution is 2.17. The summed E-state index contributed by atoms with van der Waals surface area (Å²) in [6, 6.07) is 11.3. The summed E-state index contributed by atoms with van der Waals surface area (Å²) in [5.74, 6) is -0.510. The van der Waals surface area contributed by atoms with Crippen LogP contribution in [0.5, 0.6) is 0 Å². The van der Waals surface area contributed by atoms with E-state index >= 15 is 0 Å². The SMILES string of the molecule is Nc1ccc(C(=O)Cc2ccc(Br)cc2F)cc1. The molecule has 4 heteroatoms. The Labute approximate surface area is 113 Å². The van der Waals surface area contributed by atoms with Crippen LogP contribution >= 0.6 is 15.9 Å². The minimum Gasteiger partial charge on any atom is -0.399 e. The molecule has 2 rings (SSSR count). The van der Waals surface area contributed by atoms with E-state index in [0.29, 0.717) is 21.3 Å². The van der Waals surface area contributed by atoms with Crippen molar-refractivity contribution in [1.29, 1.82) is 0 Å². The first-order chi connectivity index (χ1) is 8.56. The number of carbonyl (C=O) groups excluding carboxylic acids is 1. The number of nitrogen functional groups attached to an aromatic ring is 1. The molecule has 0 aliphatic carbocycles. The number of hydrogen-bond donors (Lipinski definition) is 1.